The molecular weight excluding hydrogens is 336 g/mol. The summed E-state index contributed by atoms with van der Waals surface area (Å²) in [5.41, 5.74) is 5.47. The molecule has 0 bridgehead atoms. The molecule has 0 spiro atoms. The second kappa shape index (κ2) is 7.87. The fourth-order valence-corrected chi connectivity index (χ4v) is 2.02. The Bertz CT molecular complexity index is 556. The Hall–Kier alpha value is -1.58. The zero-order valence-electron chi connectivity index (χ0n) is 11.7. The lowest BCUT2D eigenvalue weighted by atomic mass is 10.3. The summed E-state index contributed by atoms with van der Waals surface area (Å²) < 4.78 is 6.15. The summed E-state index contributed by atoms with van der Waals surface area (Å²) in [5, 5.41) is 3.74. The van der Waals surface area contributed by atoms with Gasteiger partial charge in [0.15, 0.2) is 6.61 Å². The molecule has 1 aromatic carbocycles. The van der Waals surface area contributed by atoms with Crippen LogP contribution in [0.15, 0.2) is 33.8 Å². The van der Waals surface area contributed by atoms with Crippen LogP contribution in [0.3, 0.4) is 0 Å². The van der Waals surface area contributed by atoms with Gasteiger partial charge in [0.2, 0.25) is 0 Å². The molecule has 0 aliphatic carbocycles. The van der Waals surface area contributed by atoms with Crippen LogP contribution in [0.4, 0.5) is 0 Å². The second-order valence-corrected chi connectivity index (χ2v) is 10.6. The van der Waals surface area contributed by atoms with Gasteiger partial charge >= 0.3 is 0 Å². The molecule has 0 aromatic heterocycles. The van der Waals surface area contributed by atoms with Crippen molar-refractivity contribution in [2.24, 2.45) is 5.10 Å². The number of nitrogens with zero attached hydrogens (tertiary/aromatic N) is 1. The Morgan fingerprint density at radius 2 is 2.15 bits per heavy atom. The predicted molar refractivity (Wildman–Crippen MR) is 87.4 cm³/mol. The van der Waals surface area contributed by atoms with Crippen LogP contribution in [0.5, 0.6) is 5.75 Å². The van der Waals surface area contributed by atoms with Crippen molar-refractivity contribution in [2.75, 3.05) is 6.61 Å². The van der Waals surface area contributed by atoms with Crippen molar-refractivity contribution in [1.82, 2.24) is 5.43 Å². The number of ether oxygens (including phenoxy) is 1. The topological polar surface area (TPSA) is 50.7 Å². The highest BCUT2D eigenvalue weighted by Crippen LogP contribution is 2.23. The molecule has 0 aliphatic rings. The number of benzene rings is 1. The van der Waals surface area contributed by atoms with E-state index >= 15 is 0 Å². The van der Waals surface area contributed by atoms with Gasteiger partial charge in [-0.2, -0.15) is 5.10 Å². The third-order valence-electron chi connectivity index (χ3n) is 1.96. The molecule has 6 heteroatoms. The molecule has 20 heavy (non-hydrogen) atoms. The number of hydrogen-bond donors (Lipinski definition) is 1. The molecule has 4 nitrogen and oxygen atoms in total. The van der Waals surface area contributed by atoms with Crippen molar-refractivity contribution in [2.45, 2.75) is 19.6 Å². The van der Waals surface area contributed by atoms with E-state index < -0.39 is 8.07 Å². The molecule has 0 saturated carbocycles. The van der Waals surface area contributed by atoms with Gasteiger partial charge in [-0.25, -0.2) is 5.43 Å². The Morgan fingerprint density at radius 3 is 2.80 bits per heavy atom. The Labute approximate surface area is 128 Å². The molecule has 0 heterocycles. The smallest absolute Gasteiger partial charge is 0.277 e. The molecule has 0 radical (unpaired) electrons. The highest BCUT2D eigenvalue weighted by molar-refractivity contribution is 9.10. The van der Waals surface area contributed by atoms with Crippen LogP contribution in [0, 0.1) is 11.5 Å². The summed E-state index contributed by atoms with van der Waals surface area (Å²) in [6, 6.07) is 7.33. The third-order valence-corrected chi connectivity index (χ3v) is 3.51. The van der Waals surface area contributed by atoms with Crippen LogP contribution >= 0.6 is 15.9 Å². The van der Waals surface area contributed by atoms with Gasteiger partial charge in [-0.1, -0.05) is 37.7 Å². The average Bonchev–Trinajstić information content (AvgIpc) is 2.36. The lowest BCUT2D eigenvalue weighted by Crippen LogP contribution is -2.24. The van der Waals surface area contributed by atoms with E-state index in [1.807, 2.05) is 18.2 Å². The minimum Gasteiger partial charge on any atom is -0.483 e. The van der Waals surface area contributed by atoms with Crippen molar-refractivity contribution >= 4 is 36.1 Å². The monoisotopic (exact) mass is 352 g/mol. The first-order valence-corrected chi connectivity index (χ1v) is 10.4. The van der Waals surface area contributed by atoms with Crippen LogP contribution in [-0.2, 0) is 4.79 Å². The Kier molecular flexibility index (Phi) is 6.48. The number of nitrogens with one attached hydrogen (secondary N) is 1. The average molecular weight is 353 g/mol. The first-order chi connectivity index (χ1) is 9.38. The number of carbonyl (C=O) groups excluding carboxylic acids is 1. The first-order valence-electron chi connectivity index (χ1n) is 6.09. The maximum atomic E-state index is 11.5. The molecule has 0 unspecified atom stereocenters. The molecule has 1 amide bonds. The SMILES string of the molecule is C[Si](C)(C)C#C/C=N\NC(=O)COc1ccccc1Br. The maximum Gasteiger partial charge on any atom is 0.277 e. The third kappa shape index (κ3) is 7.12. The van der Waals surface area contributed by atoms with Gasteiger partial charge in [0.25, 0.3) is 5.91 Å². The largest absolute Gasteiger partial charge is 0.483 e. The zero-order chi connectivity index (χ0) is 15.0. The summed E-state index contributed by atoms with van der Waals surface area (Å²) in [6.07, 6.45) is 1.40. The van der Waals surface area contributed by atoms with E-state index in [1.54, 1.807) is 6.07 Å². The van der Waals surface area contributed by atoms with Gasteiger partial charge in [0, 0.05) is 0 Å². The first kappa shape index (κ1) is 16.5. The summed E-state index contributed by atoms with van der Waals surface area (Å²) in [6.45, 7) is 6.31. The van der Waals surface area contributed by atoms with Gasteiger partial charge in [0.05, 0.1) is 10.7 Å². The molecule has 0 fully saturated rings. The van der Waals surface area contributed by atoms with Crippen LogP contribution < -0.4 is 10.2 Å². The van der Waals surface area contributed by atoms with E-state index in [0.29, 0.717) is 5.75 Å². The van der Waals surface area contributed by atoms with Gasteiger partial charge in [0.1, 0.15) is 13.8 Å². The second-order valence-electron chi connectivity index (χ2n) is 5.03. The lowest BCUT2D eigenvalue weighted by Gasteiger charge is -2.06. The summed E-state index contributed by atoms with van der Waals surface area (Å²) in [7, 11) is -1.39. The van der Waals surface area contributed by atoms with Gasteiger partial charge in [-0.05, 0) is 28.1 Å². The number of hydrogen-bond acceptors (Lipinski definition) is 3. The fourth-order valence-electron chi connectivity index (χ4n) is 1.12. The number of carbonyl (C=O) groups is 1. The van der Waals surface area contributed by atoms with Crippen molar-refractivity contribution < 1.29 is 9.53 Å². The summed E-state index contributed by atoms with van der Waals surface area (Å²) >= 11 is 3.34. The highest BCUT2D eigenvalue weighted by atomic mass is 79.9. The Balaban J connectivity index is 2.36. The molecule has 1 N–H and O–H groups in total. The van der Waals surface area contributed by atoms with E-state index in [2.05, 4.69) is 57.6 Å². The molecule has 0 atom stereocenters. The van der Waals surface area contributed by atoms with Crippen LogP contribution in [0.2, 0.25) is 19.6 Å². The lowest BCUT2D eigenvalue weighted by molar-refractivity contribution is -0.123. The summed E-state index contributed by atoms with van der Waals surface area (Å²) in [4.78, 5) is 11.5. The number of amides is 1. The van der Waals surface area contributed by atoms with Crippen LogP contribution in [-0.4, -0.2) is 26.8 Å². The van der Waals surface area contributed by atoms with Crippen molar-refractivity contribution in [3.05, 3.63) is 28.7 Å². The van der Waals surface area contributed by atoms with E-state index in [4.69, 9.17) is 4.74 Å². The molecule has 1 aromatic rings. The van der Waals surface area contributed by atoms with E-state index in [1.165, 1.54) is 6.21 Å². The quantitative estimate of drug-likeness (QED) is 0.392. The number of para-hydroxylation sites is 1. The Morgan fingerprint density at radius 1 is 1.45 bits per heavy atom. The van der Waals surface area contributed by atoms with Gasteiger partial charge in [-0.15, -0.1) is 5.54 Å². The van der Waals surface area contributed by atoms with Crippen LogP contribution in [0.25, 0.3) is 0 Å². The molecule has 106 valence electrons. The minimum atomic E-state index is -1.39. The fraction of sp³-hybridized carbons (Fsp3) is 0.286. The van der Waals surface area contributed by atoms with E-state index in [0.717, 1.165) is 4.47 Å². The maximum absolute atomic E-state index is 11.5. The molecule has 0 aliphatic heterocycles. The van der Waals surface area contributed by atoms with Crippen LogP contribution in [0.1, 0.15) is 0 Å². The standard InChI is InChI=1S/C14H17BrN2O2Si/c1-20(2,3)10-6-9-16-17-14(18)11-19-13-8-5-4-7-12(13)15/h4-5,7-9H,11H2,1-3H3,(H,17,18)/b16-9-. The molecule has 1 rings (SSSR count). The zero-order valence-corrected chi connectivity index (χ0v) is 14.3. The molecular formula is C14H17BrN2O2Si. The van der Waals surface area contributed by atoms with Gasteiger partial charge < -0.3 is 4.74 Å². The van der Waals surface area contributed by atoms with E-state index in [9.17, 15) is 4.79 Å². The van der Waals surface area contributed by atoms with Crippen molar-refractivity contribution in [1.29, 1.82) is 0 Å². The van der Waals surface area contributed by atoms with Gasteiger partial charge in [-0.3, -0.25) is 4.79 Å². The van der Waals surface area contributed by atoms with Crippen molar-refractivity contribution in [3.63, 3.8) is 0 Å². The molecule has 0 saturated heterocycles. The minimum absolute atomic E-state index is 0.0958. The van der Waals surface area contributed by atoms with Crippen molar-refractivity contribution in [3.8, 4) is 17.2 Å². The number of halogens is 1. The summed E-state index contributed by atoms with van der Waals surface area (Å²) in [5.74, 6) is 3.11. The normalized spacial score (nSPS) is 10.8. The highest BCUT2D eigenvalue weighted by Gasteiger charge is 2.06. The predicted octanol–water partition coefficient (Wildman–Crippen LogP) is 2.81. The number of hydrazone groups is 1. The van der Waals surface area contributed by atoms with E-state index in [-0.39, 0.29) is 12.5 Å². The number of rotatable bonds is 4.